The average Bonchev–Trinajstić information content (AvgIpc) is 2.46. The Labute approximate surface area is 153 Å². The van der Waals surface area contributed by atoms with Gasteiger partial charge < -0.3 is 15.4 Å². The number of hydrogen-bond acceptors (Lipinski definition) is 6. The van der Waals surface area contributed by atoms with Crippen LogP contribution in [0.15, 0.2) is 12.3 Å². The molecular weight excluding hydrogens is 332 g/mol. The summed E-state index contributed by atoms with van der Waals surface area (Å²) in [5, 5.41) is 0. The van der Waals surface area contributed by atoms with Crippen molar-refractivity contribution in [3.05, 3.63) is 23.4 Å². The summed E-state index contributed by atoms with van der Waals surface area (Å²) in [6.45, 7) is 8.85. The van der Waals surface area contributed by atoms with Gasteiger partial charge in [-0.15, -0.1) is 0 Å². The van der Waals surface area contributed by atoms with Gasteiger partial charge in [0.2, 0.25) is 0 Å². The van der Waals surface area contributed by atoms with Crippen LogP contribution in [0, 0.1) is 6.92 Å². The molecule has 0 aromatic carbocycles. The molecule has 2 N–H and O–H groups in total. The summed E-state index contributed by atoms with van der Waals surface area (Å²) < 4.78 is 5.62. The first-order chi connectivity index (χ1) is 12.1. The highest BCUT2D eigenvalue weighted by molar-refractivity contribution is 5.96. The minimum absolute atomic E-state index is 0.00341. The first-order valence-electron chi connectivity index (χ1n) is 9.14. The lowest BCUT2D eigenvalue weighted by atomic mass is 9.62. The number of rotatable bonds is 2. The fraction of sp³-hybridized carbons (Fsp3) is 0.632. The summed E-state index contributed by atoms with van der Waals surface area (Å²) in [5.41, 5.74) is 6.21. The molecule has 4 heterocycles. The second-order valence-electron chi connectivity index (χ2n) is 8.79. The quantitative estimate of drug-likeness (QED) is 0.803. The molecule has 0 bridgehead atoms. The number of nitrogens with zero attached hydrogens (tertiary/aromatic N) is 3. The Kier molecular flexibility index (Phi) is 3.60. The van der Waals surface area contributed by atoms with E-state index in [0.717, 1.165) is 18.4 Å². The van der Waals surface area contributed by atoms with Gasteiger partial charge in [0, 0.05) is 31.4 Å². The fourth-order valence-corrected chi connectivity index (χ4v) is 4.71. The maximum Gasteiger partial charge on any atom is 0.327 e. The lowest BCUT2D eigenvalue weighted by Crippen LogP contribution is -2.87. The number of aromatic nitrogens is 1. The van der Waals surface area contributed by atoms with Crippen molar-refractivity contribution in [2.75, 3.05) is 18.8 Å². The van der Waals surface area contributed by atoms with E-state index in [4.69, 9.17) is 10.5 Å². The predicted molar refractivity (Wildman–Crippen MR) is 96.5 cm³/mol. The number of pyridine rings is 1. The third-order valence-corrected chi connectivity index (χ3v) is 5.72. The van der Waals surface area contributed by atoms with Crippen molar-refractivity contribution in [1.82, 2.24) is 14.8 Å². The molecule has 0 spiro atoms. The zero-order valence-electron chi connectivity index (χ0n) is 15.8. The van der Waals surface area contributed by atoms with Crippen LogP contribution in [-0.4, -0.2) is 63.0 Å². The number of aryl methyl sites for hydroxylation is 1. The minimum atomic E-state index is -0.473. The molecule has 0 aliphatic carbocycles. The van der Waals surface area contributed by atoms with Crippen LogP contribution in [-0.2, 0) is 9.53 Å². The zero-order valence-corrected chi connectivity index (χ0v) is 15.8. The molecule has 7 nitrogen and oxygen atoms in total. The lowest BCUT2D eigenvalue weighted by Gasteiger charge is -2.71. The minimum Gasteiger partial charge on any atom is -0.459 e. The second kappa shape index (κ2) is 5.42. The van der Waals surface area contributed by atoms with Crippen LogP contribution in [0.2, 0.25) is 0 Å². The Balaban J connectivity index is 1.45. The number of anilines is 1. The van der Waals surface area contributed by atoms with Gasteiger partial charge in [-0.05, 0) is 52.2 Å². The van der Waals surface area contributed by atoms with Crippen molar-refractivity contribution in [2.24, 2.45) is 0 Å². The molecule has 3 fully saturated rings. The summed E-state index contributed by atoms with van der Waals surface area (Å²) in [6, 6.07) is 2.20. The maximum atomic E-state index is 12.9. The molecule has 26 heavy (non-hydrogen) atoms. The molecule has 1 aromatic rings. The molecule has 0 radical (unpaired) electrons. The van der Waals surface area contributed by atoms with E-state index < -0.39 is 11.1 Å². The van der Waals surface area contributed by atoms with Crippen LogP contribution in [0.4, 0.5) is 5.82 Å². The summed E-state index contributed by atoms with van der Waals surface area (Å²) >= 11 is 0. The van der Waals surface area contributed by atoms with Crippen molar-refractivity contribution in [3.63, 3.8) is 0 Å². The first-order valence-corrected chi connectivity index (χ1v) is 9.14. The van der Waals surface area contributed by atoms with Crippen LogP contribution in [0.5, 0.6) is 0 Å². The third-order valence-electron chi connectivity index (χ3n) is 5.72. The van der Waals surface area contributed by atoms with Gasteiger partial charge in [-0.1, -0.05) is 0 Å². The predicted octanol–water partition coefficient (Wildman–Crippen LogP) is 1.36. The fourth-order valence-electron chi connectivity index (χ4n) is 4.71. The Morgan fingerprint density at radius 3 is 2.42 bits per heavy atom. The van der Waals surface area contributed by atoms with Crippen molar-refractivity contribution in [1.29, 1.82) is 0 Å². The number of piperidine rings is 1. The Bertz CT molecular complexity index is 769. The summed E-state index contributed by atoms with van der Waals surface area (Å²) in [4.78, 5) is 33.7. The molecule has 0 saturated carbocycles. The molecule has 3 aliphatic heterocycles. The highest BCUT2D eigenvalue weighted by Gasteiger charge is 2.70. The van der Waals surface area contributed by atoms with Gasteiger partial charge in [-0.3, -0.25) is 14.5 Å². The molecule has 1 aromatic heterocycles. The van der Waals surface area contributed by atoms with E-state index in [9.17, 15) is 9.59 Å². The smallest absolute Gasteiger partial charge is 0.327 e. The van der Waals surface area contributed by atoms with E-state index in [1.165, 1.54) is 0 Å². The number of carbonyl (C=O) groups excluding carboxylic acids is 2. The normalized spacial score (nSPS) is 30.1. The van der Waals surface area contributed by atoms with Gasteiger partial charge in [0.15, 0.2) is 0 Å². The van der Waals surface area contributed by atoms with Crippen molar-refractivity contribution >= 4 is 17.7 Å². The van der Waals surface area contributed by atoms with Crippen LogP contribution >= 0.6 is 0 Å². The van der Waals surface area contributed by atoms with Crippen molar-refractivity contribution < 1.29 is 14.3 Å². The Morgan fingerprint density at radius 2 is 1.88 bits per heavy atom. The highest BCUT2D eigenvalue weighted by Crippen LogP contribution is 2.54. The first kappa shape index (κ1) is 17.3. The summed E-state index contributed by atoms with van der Waals surface area (Å²) in [5.74, 6) is 0.302. The SMILES string of the molecule is Cc1cc(N)ncc1C(=O)N1CC2CC3(C(=O)OC(C)(C)C)CC(C1)N23. The molecule has 4 rings (SSSR count). The van der Waals surface area contributed by atoms with Gasteiger partial charge in [0.25, 0.3) is 5.91 Å². The zero-order chi connectivity index (χ0) is 18.9. The Morgan fingerprint density at radius 1 is 1.27 bits per heavy atom. The van der Waals surface area contributed by atoms with E-state index in [0.29, 0.717) is 24.5 Å². The number of nitrogen functional groups attached to an aromatic ring is 1. The van der Waals surface area contributed by atoms with E-state index in [2.05, 4.69) is 9.88 Å². The number of hydrogen-bond donors (Lipinski definition) is 1. The summed E-state index contributed by atoms with van der Waals surface area (Å²) in [7, 11) is 0. The molecule has 3 aliphatic rings. The summed E-state index contributed by atoms with van der Waals surface area (Å²) in [6.07, 6.45) is 3.09. The monoisotopic (exact) mass is 358 g/mol. The average molecular weight is 358 g/mol. The van der Waals surface area contributed by atoms with Crippen molar-refractivity contribution in [3.8, 4) is 0 Å². The molecular formula is C19H26N4O3. The number of nitrogens with two attached hydrogens (primary N) is 1. The second-order valence-corrected chi connectivity index (χ2v) is 8.79. The van der Waals surface area contributed by atoms with Gasteiger partial charge in [0.1, 0.15) is 17.0 Å². The number of amides is 1. The van der Waals surface area contributed by atoms with Crippen molar-refractivity contribution in [2.45, 2.75) is 63.8 Å². The highest BCUT2D eigenvalue weighted by atomic mass is 16.6. The molecule has 1 amide bonds. The van der Waals surface area contributed by atoms with Gasteiger partial charge in [-0.2, -0.15) is 0 Å². The number of esters is 1. The maximum absolute atomic E-state index is 12.9. The van der Waals surface area contributed by atoms with E-state index >= 15 is 0 Å². The van der Waals surface area contributed by atoms with E-state index in [1.54, 1.807) is 12.3 Å². The number of piperazine rings is 1. The molecule has 2 atom stereocenters. The van der Waals surface area contributed by atoms with E-state index in [-0.39, 0.29) is 24.0 Å². The number of ether oxygens (including phenoxy) is 1. The standard InChI is InChI=1S/C19H26N4O3/c1-11-5-15(20)21-8-14(11)16(24)22-9-12-6-19(7-13(10-22)23(12)19)17(25)26-18(2,3)4/h5,8,12-13H,6-7,9-10H2,1-4H3,(H2,20,21). The van der Waals surface area contributed by atoms with Gasteiger partial charge in [0.05, 0.1) is 5.56 Å². The lowest BCUT2D eigenvalue weighted by molar-refractivity contribution is -0.244. The third kappa shape index (κ3) is 2.48. The van der Waals surface area contributed by atoms with Gasteiger partial charge in [-0.25, -0.2) is 4.98 Å². The number of carbonyl (C=O) groups is 2. The van der Waals surface area contributed by atoms with Crippen LogP contribution in [0.25, 0.3) is 0 Å². The van der Waals surface area contributed by atoms with Crippen LogP contribution in [0.1, 0.15) is 49.5 Å². The molecule has 7 heteroatoms. The Hall–Kier alpha value is -2.15. The van der Waals surface area contributed by atoms with E-state index in [1.807, 2.05) is 32.6 Å². The van der Waals surface area contributed by atoms with Crippen LogP contribution in [0.3, 0.4) is 0 Å². The topological polar surface area (TPSA) is 88.8 Å². The molecule has 140 valence electrons. The molecule has 2 unspecified atom stereocenters. The molecule has 3 saturated heterocycles. The largest absolute Gasteiger partial charge is 0.459 e. The van der Waals surface area contributed by atoms with Gasteiger partial charge >= 0.3 is 5.97 Å². The number of likely N-dealkylation sites (tertiary alicyclic amines) is 1. The van der Waals surface area contributed by atoms with Crippen LogP contribution < -0.4 is 5.73 Å².